The van der Waals surface area contributed by atoms with Crippen LogP contribution in [0.2, 0.25) is 0 Å². The Morgan fingerprint density at radius 1 is 1.32 bits per heavy atom. The molecule has 0 aromatic heterocycles. The van der Waals surface area contributed by atoms with E-state index in [0.29, 0.717) is 12.6 Å². The number of β-amino-alcohol motifs (C(OH)–C–C–N with tert-alkyl or cyclic N) is 1. The van der Waals surface area contributed by atoms with E-state index in [1.165, 1.54) is 19.3 Å². The van der Waals surface area contributed by atoms with Gasteiger partial charge in [0.2, 0.25) is 0 Å². The van der Waals surface area contributed by atoms with Gasteiger partial charge in [-0.05, 0) is 38.9 Å². The summed E-state index contributed by atoms with van der Waals surface area (Å²) in [7, 11) is 2.00. The maximum absolute atomic E-state index is 10.8. The maximum Gasteiger partial charge on any atom is 0.0994 e. The van der Waals surface area contributed by atoms with Crippen LogP contribution in [-0.4, -0.2) is 42.7 Å². The van der Waals surface area contributed by atoms with Gasteiger partial charge in [0, 0.05) is 19.1 Å². The van der Waals surface area contributed by atoms with Crippen LogP contribution in [-0.2, 0) is 5.60 Å². The Labute approximate surface area is 116 Å². The molecule has 19 heavy (non-hydrogen) atoms. The van der Waals surface area contributed by atoms with Gasteiger partial charge in [-0.15, -0.1) is 0 Å². The van der Waals surface area contributed by atoms with Gasteiger partial charge in [-0.3, -0.25) is 4.90 Å². The maximum atomic E-state index is 10.8. The van der Waals surface area contributed by atoms with Crippen LogP contribution in [0.1, 0.15) is 31.7 Å². The Morgan fingerprint density at radius 3 is 2.74 bits per heavy atom. The van der Waals surface area contributed by atoms with E-state index in [9.17, 15) is 5.11 Å². The molecule has 0 amide bonds. The molecule has 1 saturated heterocycles. The Bertz CT molecular complexity index is 376. The molecule has 0 bridgehead atoms. The van der Waals surface area contributed by atoms with E-state index in [0.717, 1.165) is 18.7 Å². The fourth-order valence-corrected chi connectivity index (χ4v) is 3.02. The molecule has 3 nitrogen and oxygen atoms in total. The first-order chi connectivity index (χ1) is 9.13. The van der Waals surface area contributed by atoms with E-state index in [1.54, 1.807) is 0 Å². The molecule has 2 N–H and O–H groups in total. The fourth-order valence-electron chi connectivity index (χ4n) is 3.02. The van der Waals surface area contributed by atoms with Crippen molar-refractivity contribution in [1.82, 2.24) is 10.2 Å². The van der Waals surface area contributed by atoms with Gasteiger partial charge < -0.3 is 10.4 Å². The average Bonchev–Trinajstić information content (AvgIpc) is 2.42. The predicted molar refractivity (Wildman–Crippen MR) is 79.2 cm³/mol. The highest BCUT2D eigenvalue weighted by Crippen LogP contribution is 2.25. The predicted octanol–water partition coefficient (Wildman–Crippen LogP) is 1.97. The normalized spacial score (nSPS) is 24.1. The van der Waals surface area contributed by atoms with Gasteiger partial charge in [0.25, 0.3) is 0 Å². The van der Waals surface area contributed by atoms with Crippen molar-refractivity contribution in [3.8, 4) is 0 Å². The number of likely N-dealkylation sites (N-methyl/N-ethyl adjacent to an activating group) is 1. The van der Waals surface area contributed by atoms with Gasteiger partial charge in [0.1, 0.15) is 0 Å². The van der Waals surface area contributed by atoms with Crippen molar-refractivity contribution in [1.29, 1.82) is 0 Å². The monoisotopic (exact) mass is 262 g/mol. The van der Waals surface area contributed by atoms with Crippen LogP contribution < -0.4 is 5.32 Å². The molecule has 1 aliphatic rings. The molecule has 3 heteroatoms. The lowest BCUT2D eigenvalue weighted by atomic mass is 9.92. The molecule has 2 rings (SSSR count). The second-order valence-electron chi connectivity index (χ2n) is 5.82. The minimum Gasteiger partial charge on any atom is -0.384 e. The molecule has 2 unspecified atom stereocenters. The number of hydrogen-bond donors (Lipinski definition) is 2. The lowest BCUT2D eigenvalue weighted by Gasteiger charge is -2.40. The number of piperidine rings is 1. The molecule has 1 aromatic rings. The molecular formula is C16H26N2O. The third-order valence-electron chi connectivity index (χ3n) is 4.10. The summed E-state index contributed by atoms with van der Waals surface area (Å²) in [5.74, 6) is 0. The summed E-state index contributed by atoms with van der Waals surface area (Å²) in [5.41, 5.74) is 0.230. The van der Waals surface area contributed by atoms with Gasteiger partial charge in [0.05, 0.1) is 5.60 Å². The van der Waals surface area contributed by atoms with Crippen LogP contribution in [0.5, 0.6) is 0 Å². The average molecular weight is 262 g/mol. The van der Waals surface area contributed by atoms with E-state index in [1.807, 2.05) is 44.3 Å². The smallest absolute Gasteiger partial charge is 0.0994 e. The van der Waals surface area contributed by atoms with Crippen molar-refractivity contribution < 1.29 is 5.11 Å². The Kier molecular flexibility index (Phi) is 4.97. The van der Waals surface area contributed by atoms with Crippen LogP contribution >= 0.6 is 0 Å². The molecule has 1 heterocycles. The van der Waals surface area contributed by atoms with E-state index in [4.69, 9.17) is 0 Å². The SMILES string of the molecule is CNCC1CCCCN1CC(C)(O)c1ccccc1. The molecule has 1 aromatic carbocycles. The van der Waals surface area contributed by atoms with Crippen molar-refractivity contribution in [3.63, 3.8) is 0 Å². The second-order valence-corrected chi connectivity index (χ2v) is 5.82. The largest absolute Gasteiger partial charge is 0.384 e. The second kappa shape index (κ2) is 6.51. The summed E-state index contributed by atoms with van der Waals surface area (Å²) in [6.45, 7) is 4.73. The van der Waals surface area contributed by atoms with Crippen molar-refractivity contribution in [2.24, 2.45) is 0 Å². The van der Waals surface area contributed by atoms with Crippen LogP contribution in [0.4, 0.5) is 0 Å². The zero-order valence-corrected chi connectivity index (χ0v) is 12.1. The summed E-state index contributed by atoms with van der Waals surface area (Å²) in [5, 5.41) is 14.0. The quantitative estimate of drug-likeness (QED) is 0.851. The molecule has 106 valence electrons. The van der Waals surface area contributed by atoms with Gasteiger partial charge in [-0.1, -0.05) is 36.8 Å². The number of benzene rings is 1. The highest BCUT2D eigenvalue weighted by molar-refractivity contribution is 5.21. The Hall–Kier alpha value is -0.900. The van der Waals surface area contributed by atoms with Crippen molar-refractivity contribution >= 4 is 0 Å². The molecule has 1 aliphatic heterocycles. The van der Waals surface area contributed by atoms with Gasteiger partial charge >= 0.3 is 0 Å². The third-order valence-corrected chi connectivity index (χ3v) is 4.10. The highest BCUT2D eigenvalue weighted by atomic mass is 16.3. The van der Waals surface area contributed by atoms with Crippen LogP contribution in [0.3, 0.4) is 0 Å². The molecule has 0 radical (unpaired) electrons. The minimum atomic E-state index is -0.773. The minimum absolute atomic E-state index is 0.550. The van der Waals surface area contributed by atoms with Gasteiger partial charge in [0.15, 0.2) is 0 Å². The zero-order valence-electron chi connectivity index (χ0n) is 12.1. The Morgan fingerprint density at radius 2 is 2.05 bits per heavy atom. The summed E-state index contributed by atoms with van der Waals surface area (Å²) in [6.07, 6.45) is 3.77. The van der Waals surface area contributed by atoms with E-state index >= 15 is 0 Å². The number of nitrogens with one attached hydrogen (secondary N) is 1. The zero-order chi connectivity index (χ0) is 13.7. The summed E-state index contributed by atoms with van der Waals surface area (Å²) < 4.78 is 0. The molecule has 1 fully saturated rings. The number of nitrogens with zero attached hydrogens (tertiary/aromatic N) is 1. The third kappa shape index (κ3) is 3.78. The van der Waals surface area contributed by atoms with E-state index in [2.05, 4.69) is 10.2 Å². The van der Waals surface area contributed by atoms with Crippen LogP contribution in [0, 0.1) is 0 Å². The summed E-state index contributed by atoms with van der Waals surface area (Å²) in [4.78, 5) is 2.44. The Balaban J connectivity index is 2.05. The standard InChI is InChI=1S/C16H26N2O/c1-16(19,14-8-4-3-5-9-14)13-18-11-7-6-10-15(18)12-17-2/h3-5,8-9,15,17,19H,6-7,10-13H2,1-2H3. The lowest BCUT2D eigenvalue weighted by Crippen LogP contribution is -2.50. The number of likely N-dealkylation sites (tertiary alicyclic amines) is 1. The molecule has 0 saturated carbocycles. The molecular weight excluding hydrogens is 236 g/mol. The topological polar surface area (TPSA) is 35.5 Å². The fraction of sp³-hybridized carbons (Fsp3) is 0.625. The summed E-state index contributed by atoms with van der Waals surface area (Å²) in [6, 6.07) is 10.5. The number of aliphatic hydroxyl groups is 1. The first-order valence-corrected chi connectivity index (χ1v) is 7.30. The van der Waals surface area contributed by atoms with Gasteiger partial charge in [-0.25, -0.2) is 0 Å². The highest BCUT2D eigenvalue weighted by Gasteiger charge is 2.30. The number of hydrogen-bond acceptors (Lipinski definition) is 3. The van der Waals surface area contributed by atoms with Crippen molar-refractivity contribution in [2.45, 2.75) is 37.8 Å². The first-order valence-electron chi connectivity index (χ1n) is 7.30. The van der Waals surface area contributed by atoms with Crippen molar-refractivity contribution in [3.05, 3.63) is 35.9 Å². The van der Waals surface area contributed by atoms with Gasteiger partial charge in [-0.2, -0.15) is 0 Å². The van der Waals surface area contributed by atoms with Crippen LogP contribution in [0.15, 0.2) is 30.3 Å². The summed E-state index contributed by atoms with van der Waals surface area (Å²) >= 11 is 0. The first kappa shape index (κ1) is 14.5. The lowest BCUT2D eigenvalue weighted by molar-refractivity contribution is -0.00686. The molecule has 0 aliphatic carbocycles. The molecule has 0 spiro atoms. The van der Waals surface area contributed by atoms with E-state index < -0.39 is 5.60 Å². The van der Waals surface area contributed by atoms with Crippen LogP contribution in [0.25, 0.3) is 0 Å². The molecule has 2 atom stereocenters. The number of rotatable bonds is 5. The van der Waals surface area contributed by atoms with E-state index in [-0.39, 0.29) is 0 Å². The van der Waals surface area contributed by atoms with Crippen molar-refractivity contribution in [2.75, 3.05) is 26.7 Å².